The molecule has 0 bridgehead atoms. The quantitative estimate of drug-likeness (QED) is 0.631. The van der Waals surface area contributed by atoms with E-state index >= 15 is 0 Å². The normalized spacial score (nSPS) is 14.4. The van der Waals surface area contributed by atoms with E-state index in [1.807, 2.05) is 0 Å². The van der Waals surface area contributed by atoms with Crippen LogP contribution in [0.1, 0.15) is 11.3 Å². The summed E-state index contributed by atoms with van der Waals surface area (Å²) in [6.07, 6.45) is 0. The molecule has 1 aromatic heterocycles. The second-order valence-electron chi connectivity index (χ2n) is 2.50. The molecular formula is C7H8N2O3. The molecule has 0 amide bonds. The summed E-state index contributed by atoms with van der Waals surface area (Å²) in [4.78, 5) is 17.1. The van der Waals surface area contributed by atoms with Crippen LogP contribution in [0.15, 0.2) is 4.79 Å². The molecular weight excluding hydrogens is 160 g/mol. The lowest BCUT2D eigenvalue weighted by atomic mass is 10.3. The van der Waals surface area contributed by atoms with Crippen LogP contribution in [0.25, 0.3) is 0 Å². The minimum Gasteiger partial charge on any atom is -0.481 e. The van der Waals surface area contributed by atoms with Gasteiger partial charge >= 0.3 is 5.69 Å². The SMILES string of the molecule is COc1nc(=O)[nH]c2c1COC2. The van der Waals surface area contributed by atoms with Gasteiger partial charge in [-0.3, -0.25) is 0 Å². The Bertz CT molecular complexity index is 358. The summed E-state index contributed by atoms with van der Waals surface area (Å²) >= 11 is 0. The molecule has 0 atom stereocenters. The first-order valence-electron chi connectivity index (χ1n) is 3.55. The van der Waals surface area contributed by atoms with E-state index in [-0.39, 0.29) is 0 Å². The predicted octanol–water partition coefficient (Wildman–Crippen LogP) is -0.191. The summed E-state index contributed by atoms with van der Waals surface area (Å²) in [7, 11) is 1.49. The van der Waals surface area contributed by atoms with Crippen molar-refractivity contribution < 1.29 is 9.47 Å². The average Bonchev–Trinajstić information content (AvgIpc) is 2.50. The zero-order chi connectivity index (χ0) is 8.55. The third kappa shape index (κ3) is 0.984. The Kier molecular flexibility index (Phi) is 1.58. The largest absolute Gasteiger partial charge is 0.481 e. The van der Waals surface area contributed by atoms with Gasteiger partial charge in [-0.2, -0.15) is 4.98 Å². The summed E-state index contributed by atoms with van der Waals surface area (Å²) in [6.45, 7) is 0.895. The van der Waals surface area contributed by atoms with Gasteiger partial charge in [-0.25, -0.2) is 4.79 Å². The molecule has 5 nitrogen and oxygen atoms in total. The van der Waals surface area contributed by atoms with Crippen molar-refractivity contribution >= 4 is 0 Å². The standard InChI is InChI=1S/C7H8N2O3/c1-11-6-4-2-12-3-5(4)8-7(10)9-6/h2-3H2,1H3,(H,8,9,10). The zero-order valence-electron chi connectivity index (χ0n) is 6.59. The molecule has 0 radical (unpaired) electrons. The highest BCUT2D eigenvalue weighted by atomic mass is 16.5. The summed E-state index contributed by atoms with van der Waals surface area (Å²) < 4.78 is 10.0. The number of hydrogen-bond donors (Lipinski definition) is 1. The molecule has 1 N–H and O–H groups in total. The molecule has 1 aromatic rings. The lowest BCUT2D eigenvalue weighted by Crippen LogP contribution is -2.14. The number of fused-ring (bicyclic) bond motifs is 1. The average molecular weight is 168 g/mol. The Morgan fingerprint density at radius 2 is 2.42 bits per heavy atom. The molecule has 2 rings (SSSR count). The third-order valence-electron chi connectivity index (χ3n) is 1.77. The molecule has 2 heterocycles. The van der Waals surface area contributed by atoms with Gasteiger partial charge < -0.3 is 14.5 Å². The molecule has 0 saturated heterocycles. The summed E-state index contributed by atoms with van der Waals surface area (Å²) in [5.74, 6) is 0.367. The van der Waals surface area contributed by atoms with E-state index in [1.54, 1.807) is 0 Å². The number of hydrogen-bond acceptors (Lipinski definition) is 4. The number of nitrogens with zero attached hydrogens (tertiary/aromatic N) is 1. The van der Waals surface area contributed by atoms with Crippen molar-refractivity contribution in [3.8, 4) is 5.88 Å². The molecule has 0 fully saturated rings. The molecule has 12 heavy (non-hydrogen) atoms. The maximum Gasteiger partial charge on any atom is 0.348 e. The Morgan fingerprint density at radius 1 is 1.58 bits per heavy atom. The molecule has 0 spiro atoms. The van der Waals surface area contributed by atoms with Crippen molar-refractivity contribution in [3.63, 3.8) is 0 Å². The van der Waals surface area contributed by atoms with E-state index in [9.17, 15) is 4.79 Å². The number of H-pyrrole nitrogens is 1. The molecule has 1 aliphatic heterocycles. The minimum atomic E-state index is -0.393. The van der Waals surface area contributed by atoms with Crippen LogP contribution < -0.4 is 10.4 Å². The second kappa shape index (κ2) is 2.60. The van der Waals surface area contributed by atoms with Crippen LogP contribution in [-0.4, -0.2) is 17.1 Å². The molecule has 0 saturated carbocycles. The van der Waals surface area contributed by atoms with E-state index < -0.39 is 5.69 Å². The van der Waals surface area contributed by atoms with Gasteiger partial charge in [0.1, 0.15) is 0 Å². The number of aromatic amines is 1. The second-order valence-corrected chi connectivity index (χ2v) is 2.50. The van der Waals surface area contributed by atoms with Gasteiger partial charge in [-0.15, -0.1) is 0 Å². The topological polar surface area (TPSA) is 64.2 Å². The summed E-state index contributed by atoms with van der Waals surface area (Å²) in [5, 5.41) is 0. The van der Waals surface area contributed by atoms with Crippen LogP contribution in [-0.2, 0) is 18.0 Å². The highest BCUT2D eigenvalue weighted by molar-refractivity contribution is 5.30. The van der Waals surface area contributed by atoms with E-state index in [1.165, 1.54) is 7.11 Å². The van der Waals surface area contributed by atoms with Crippen LogP contribution in [0.3, 0.4) is 0 Å². The van der Waals surface area contributed by atoms with E-state index in [2.05, 4.69) is 9.97 Å². The Morgan fingerprint density at radius 3 is 3.17 bits per heavy atom. The van der Waals surface area contributed by atoms with Crippen LogP contribution >= 0.6 is 0 Å². The van der Waals surface area contributed by atoms with Gasteiger partial charge in [0.05, 0.1) is 31.6 Å². The van der Waals surface area contributed by atoms with Crippen LogP contribution in [0.5, 0.6) is 5.88 Å². The van der Waals surface area contributed by atoms with E-state index in [0.717, 1.165) is 11.3 Å². The van der Waals surface area contributed by atoms with Gasteiger partial charge in [-0.05, 0) is 0 Å². The monoisotopic (exact) mass is 168 g/mol. The van der Waals surface area contributed by atoms with E-state index in [0.29, 0.717) is 19.1 Å². The first kappa shape index (κ1) is 7.30. The van der Waals surface area contributed by atoms with Gasteiger partial charge in [0.2, 0.25) is 5.88 Å². The lowest BCUT2D eigenvalue weighted by Gasteiger charge is -2.01. The van der Waals surface area contributed by atoms with Gasteiger partial charge in [-0.1, -0.05) is 0 Å². The molecule has 0 aliphatic carbocycles. The number of rotatable bonds is 1. The summed E-state index contributed by atoms with van der Waals surface area (Å²) in [6, 6.07) is 0. The van der Waals surface area contributed by atoms with Gasteiger partial charge in [0, 0.05) is 0 Å². The number of methoxy groups -OCH3 is 1. The molecule has 64 valence electrons. The fourth-order valence-corrected chi connectivity index (χ4v) is 1.22. The molecule has 0 aromatic carbocycles. The van der Waals surface area contributed by atoms with Crippen molar-refractivity contribution in [2.75, 3.05) is 7.11 Å². The molecule has 1 aliphatic rings. The lowest BCUT2D eigenvalue weighted by molar-refractivity contribution is 0.132. The summed E-state index contributed by atoms with van der Waals surface area (Å²) in [5.41, 5.74) is 1.22. The maximum atomic E-state index is 10.9. The zero-order valence-corrected chi connectivity index (χ0v) is 6.59. The number of aromatic nitrogens is 2. The van der Waals surface area contributed by atoms with Gasteiger partial charge in [0.15, 0.2) is 0 Å². The van der Waals surface area contributed by atoms with Crippen LogP contribution in [0.2, 0.25) is 0 Å². The van der Waals surface area contributed by atoms with Crippen molar-refractivity contribution in [1.29, 1.82) is 0 Å². The van der Waals surface area contributed by atoms with Crippen LogP contribution in [0.4, 0.5) is 0 Å². The first-order valence-corrected chi connectivity index (χ1v) is 3.55. The van der Waals surface area contributed by atoms with Crippen molar-refractivity contribution in [2.45, 2.75) is 13.2 Å². The number of nitrogens with one attached hydrogen (secondary N) is 1. The van der Waals surface area contributed by atoms with Crippen LogP contribution in [0, 0.1) is 0 Å². The van der Waals surface area contributed by atoms with Crippen molar-refractivity contribution in [1.82, 2.24) is 9.97 Å². The Hall–Kier alpha value is -1.36. The molecule has 0 unspecified atom stereocenters. The van der Waals surface area contributed by atoms with Crippen molar-refractivity contribution in [3.05, 3.63) is 21.7 Å². The minimum absolute atomic E-state index is 0.367. The fourth-order valence-electron chi connectivity index (χ4n) is 1.22. The maximum absolute atomic E-state index is 10.9. The highest BCUT2D eigenvalue weighted by Gasteiger charge is 2.18. The predicted molar refractivity (Wildman–Crippen MR) is 39.9 cm³/mol. The third-order valence-corrected chi connectivity index (χ3v) is 1.77. The highest BCUT2D eigenvalue weighted by Crippen LogP contribution is 2.23. The number of ether oxygens (including phenoxy) is 2. The van der Waals surface area contributed by atoms with E-state index in [4.69, 9.17) is 9.47 Å². The Labute approximate surface area is 68.3 Å². The van der Waals surface area contributed by atoms with Crippen molar-refractivity contribution in [2.24, 2.45) is 0 Å². The first-order chi connectivity index (χ1) is 5.81. The smallest absolute Gasteiger partial charge is 0.348 e. The Balaban J connectivity index is 2.62. The molecule has 5 heteroatoms. The fraction of sp³-hybridized carbons (Fsp3) is 0.429. The van der Waals surface area contributed by atoms with Gasteiger partial charge in [0.25, 0.3) is 0 Å².